The van der Waals surface area contributed by atoms with Crippen molar-refractivity contribution in [2.75, 3.05) is 39.6 Å². The van der Waals surface area contributed by atoms with Crippen molar-refractivity contribution in [2.45, 2.75) is 317 Å². The highest BCUT2D eigenvalue weighted by molar-refractivity contribution is 7.47. The standard InChI is InChI=1S/C65H122O17P2/c1-7-11-13-15-16-17-18-19-20-21-22-27-30-37-43-49-64(69)81-61(54-76-63(68)48-42-36-29-26-24-23-25-28-34-39-45-57(5)9-3)56-80-84(73,74)78-52-59(66)51-77-83(71,72)79-55-60(53-75-62(67)47-41-33-14-12-8-2)82-65(70)50-44-38-32-31-35-40-46-58(6)10-4/h17-20,57-61,66H,7-16,21-56H2,1-6H3,(H,71,72)(H,73,74)/b18-17-,20-19-/t57?,58?,59-,60+,61+/m0/s1. The summed E-state index contributed by atoms with van der Waals surface area (Å²) in [5.41, 5.74) is 0. The van der Waals surface area contributed by atoms with Crippen LogP contribution in [0.15, 0.2) is 24.3 Å². The Labute approximate surface area is 510 Å². The number of unbranched alkanes of at least 4 members (excludes halogenated alkanes) is 27. The van der Waals surface area contributed by atoms with Crippen LogP contribution < -0.4 is 0 Å². The molecule has 17 nitrogen and oxygen atoms in total. The van der Waals surface area contributed by atoms with Gasteiger partial charge in [-0.2, -0.15) is 0 Å². The summed E-state index contributed by atoms with van der Waals surface area (Å²) in [6, 6.07) is 0. The van der Waals surface area contributed by atoms with Gasteiger partial charge in [-0.25, -0.2) is 9.13 Å². The minimum absolute atomic E-state index is 0.0844. The normalized spacial score (nSPS) is 15.1. The van der Waals surface area contributed by atoms with Gasteiger partial charge in [0.1, 0.15) is 19.3 Å². The lowest BCUT2D eigenvalue weighted by Crippen LogP contribution is -2.30. The Morgan fingerprint density at radius 1 is 0.381 bits per heavy atom. The molecule has 0 heterocycles. The molecule has 0 aromatic carbocycles. The molecule has 0 amide bonds. The molecule has 494 valence electrons. The summed E-state index contributed by atoms with van der Waals surface area (Å²) in [5, 5.41) is 10.5. The molecule has 0 aliphatic rings. The Kier molecular flexibility index (Phi) is 55.3. The van der Waals surface area contributed by atoms with Gasteiger partial charge in [0, 0.05) is 25.7 Å². The molecule has 19 heteroatoms. The molecule has 0 saturated heterocycles. The number of carbonyl (C=O) groups is 4. The van der Waals surface area contributed by atoms with Crippen LogP contribution in [-0.2, 0) is 65.4 Å². The molecule has 0 bridgehead atoms. The van der Waals surface area contributed by atoms with Gasteiger partial charge in [0.2, 0.25) is 0 Å². The topological polar surface area (TPSA) is 237 Å². The number of carbonyl (C=O) groups excluding carboxylic acids is 4. The van der Waals surface area contributed by atoms with Gasteiger partial charge in [0.25, 0.3) is 0 Å². The zero-order valence-electron chi connectivity index (χ0n) is 53.7. The van der Waals surface area contributed by atoms with Gasteiger partial charge in [0.05, 0.1) is 26.4 Å². The predicted molar refractivity (Wildman–Crippen MR) is 335 cm³/mol. The molecular weight excluding hydrogens is 1110 g/mol. The first-order valence-electron chi connectivity index (χ1n) is 33.4. The molecule has 7 atom stereocenters. The maximum atomic E-state index is 13.0. The Morgan fingerprint density at radius 3 is 1.01 bits per heavy atom. The number of aliphatic hydroxyl groups excluding tert-OH is 1. The van der Waals surface area contributed by atoms with Crippen LogP contribution in [0.1, 0.15) is 298 Å². The second-order valence-corrected chi connectivity index (χ2v) is 26.2. The number of rotatable bonds is 62. The summed E-state index contributed by atoms with van der Waals surface area (Å²) in [5.74, 6) is -0.650. The number of aliphatic hydroxyl groups is 1. The number of phosphoric acid groups is 2. The SMILES string of the molecule is CCCCCC/C=C\C=C/CCCCCCCC(=O)O[C@H](COC(=O)CCCCCCCCCCCCC(C)CC)COP(=O)(O)OC[C@@H](O)COP(=O)(O)OC[C@@H](COC(=O)CCCCCCC)OC(=O)CCCCCCCCC(C)CC. The van der Waals surface area contributed by atoms with E-state index in [4.69, 9.17) is 37.0 Å². The highest BCUT2D eigenvalue weighted by atomic mass is 31.2. The molecule has 0 aliphatic heterocycles. The van der Waals surface area contributed by atoms with E-state index in [1.54, 1.807) is 0 Å². The van der Waals surface area contributed by atoms with Crippen molar-refractivity contribution < 1.29 is 80.2 Å². The lowest BCUT2D eigenvalue weighted by molar-refractivity contribution is -0.161. The van der Waals surface area contributed by atoms with Gasteiger partial charge in [-0.3, -0.25) is 37.3 Å². The Hall–Kier alpha value is -2.46. The molecule has 84 heavy (non-hydrogen) atoms. The minimum Gasteiger partial charge on any atom is -0.462 e. The summed E-state index contributed by atoms with van der Waals surface area (Å²) in [6.07, 6.45) is 42.9. The second-order valence-electron chi connectivity index (χ2n) is 23.3. The molecule has 0 aromatic heterocycles. The zero-order chi connectivity index (χ0) is 62.2. The van der Waals surface area contributed by atoms with Crippen LogP contribution in [0.5, 0.6) is 0 Å². The van der Waals surface area contributed by atoms with E-state index in [0.29, 0.717) is 25.7 Å². The van der Waals surface area contributed by atoms with Crippen molar-refractivity contribution in [3.8, 4) is 0 Å². The molecule has 0 aliphatic carbocycles. The van der Waals surface area contributed by atoms with Gasteiger partial charge in [0.15, 0.2) is 12.2 Å². The summed E-state index contributed by atoms with van der Waals surface area (Å²) < 4.78 is 67.8. The highest BCUT2D eigenvalue weighted by Crippen LogP contribution is 2.45. The molecule has 0 saturated carbocycles. The molecule has 0 radical (unpaired) electrons. The number of ether oxygens (including phenoxy) is 4. The summed E-state index contributed by atoms with van der Waals surface area (Å²) in [4.78, 5) is 72.0. The van der Waals surface area contributed by atoms with Gasteiger partial charge < -0.3 is 33.8 Å². The summed E-state index contributed by atoms with van der Waals surface area (Å²) in [6.45, 7) is 9.32. The Morgan fingerprint density at radius 2 is 0.667 bits per heavy atom. The minimum atomic E-state index is -4.95. The molecule has 3 N–H and O–H groups in total. The number of hydrogen-bond acceptors (Lipinski definition) is 15. The van der Waals surface area contributed by atoms with Gasteiger partial charge >= 0.3 is 39.5 Å². The van der Waals surface area contributed by atoms with E-state index in [9.17, 15) is 43.2 Å². The Bertz CT molecular complexity index is 1750. The largest absolute Gasteiger partial charge is 0.472 e. The van der Waals surface area contributed by atoms with Crippen LogP contribution in [0, 0.1) is 11.8 Å². The van der Waals surface area contributed by atoms with Crippen molar-refractivity contribution in [3.63, 3.8) is 0 Å². The van der Waals surface area contributed by atoms with Crippen LogP contribution in [0.25, 0.3) is 0 Å². The molecule has 0 spiro atoms. The summed E-state index contributed by atoms with van der Waals surface area (Å²) >= 11 is 0. The fourth-order valence-corrected chi connectivity index (χ4v) is 10.7. The fourth-order valence-electron chi connectivity index (χ4n) is 9.10. The average molecular weight is 1240 g/mol. The third-order valence-corrected chi connectivity index (χ3v) is 17.0. The first-order valence-corrected chi connectivity index (χ1v) is 36.4. The van der Waals surface area contributed by atoms with Crippen LogP contribution in [0.4, 0.5) is 0 Å². The second kappa shape index (κ2) is 57.0. The maximum Gasteiger partial charge on any atom is 0.472 e. The van der Waals surface area contributed by atoms with Crippen LogP contribution >= 0.6 is 15.6 Å². The summed E-state index contributed by atoms with van der Waals surface area (Å²) in [7, 11) is -9.89. The lowest BCUT2D eigenvalue weighted by Gasteiger charge is -2.21. The number of allylic oxidation sites excluding steroid dienone is 4. The van der Waals surface area contributed by atoms with E-state index >= 15 is 0 Å². The van der Waals surface area contributed by atoms with Crippen molar-refractivity contribution in [2.24, 2.45) is 11.8 Å². The lowest BCUT2D eigenvalue weighted by atomic mass is 9.99. The highest BCUT2D eigenvalue weighted by Gasteiger charge is 2.30. The van der Waals surface area contributed by atoms with Crippen molar-refractivity contribution >= 4 is 39.5 Å². The van der Waals surface area contributed by atoms with Crippen LogP contribution in [-0.4, -0.2) is 96.7 Å². The number of esters is 4. The Balaban J connectivity index is 5.23. The first-order chi connectivity index (χ1) is 40.4. The zero-order valence-corrected chi connectivity index (χ0v) is 55.5. The first kappa shape index (κ1) is 81.5. The monoisotopic (exact) mass is 1240 g/mol. The van der Waals surface area contributed by atoms with E-state index < -0.39 is 97.5 Å². The van der Waals surface area contributed by atoms with Gasteiger partial charge in [-0.05, 0) is 63.2 Å². The van der Waals surface area contributed by atoms with Crippen molar-refractivity contribution in [3.05, 3.63) is 24.3 Å². The molecular formula is C65H122O17P2. The smallest absolute Gasteiger partial charge is 0.462 e. The third-order valence-electron chi connectivity index (χ3n) is 15.1. The molecule has 0 aromatic rings. The predicted octanol–water partition coefficient (Wildman–Crippen LogP) is 17.6. The quantitative estimate of drug-likeness (QED) is 0.0169. The average Bonchev–Trinajstić information content (AvgIpc) is 3.58. The van der Waals surface area contributed by atoms with E-state index in [1.807, 2.05) is 0 Å². The fraction of sp³-hybridized carbons (Fsp3) is 0.877. The molecule has 0 fully saturated rings. The van der Waals surface area contributed by atoms with Crippen LogP contribution in [0.3, 0.4) is 0 Å². The molecule has 4 unspecified atom stereocenters. The van der Waals surface area contributed by atoms with E-state index in [1.165, 1.54) is 96.3 Å². The third kappa shape index (κ3) is 56.1. The number of hydrogen-bond donors (Lipinski definition) is 3. The van der Waals surface area contributed by atoms with Crippen molar-refractivity contribution in [1.29, 1.82) is 0 Å². The van der Waals surface area contributed by atoms with E-state index in [2.05, 4.69) is 65.8 Å². The number of phosphoric ester groups is 2. The van der Waals surface area contributed by atoms with E-state index in [-0.39, 0.29) is 25.7 Å². The maximum absolute atomic E-state index is 13.0. The van der Waals surface area contributed by atoms with Gasteiger partial charge in [-0.15, -0.1) is 0 Å². The van der Waals surface area contributed by atoms with Crippen molar-refractivity contribution in [1.82, 2.24) is 0 Å². The molecule has 0 rings (SSSR count). The van der Waals surface area contributed by atoms with Gasteiger partial charge in [-0.1, -0.05) is 246 Å². The van der Waals surface area contributed by atoms with E-state index in [0.717, 1.165) is 121 Å². The van der Waals surface area contributed by atoms with Crippen LogP contribution in [0.2, 0.25) is 0 Å².